The fourth-order valence-corrected chi connectivity index (χ4v) is 3.37. The summed E-state index contributed by atoms with van der Waals surface area (Å²) in [5, 5.41) is 5.67. The predicted molar refractivity (Wildman–Crippen MR) is 75.7 cm³/mol. The smallest absolute Gasteiger partial charge is 0.0112 e. The molecule has 0 amide bonds. The van der Waals surface area contributed by atoms with Gasteiger partial charge < -0.3 is 10.2 Å². The average molecular weight is 252 g/mol. The molecule has 0 saturated carbocycles. The van der Waals surface area contributed by atoms with Crippen molar-refractivity contribution in [1.82, 2.24) is 10.2 Å². The number of rotatable bonds is 5. The molecule has 96 valence electrons. The van der Waals surface area contributed by atoms with Crippen LogP contribution in [0.4, 0.5) is 0 Å². The summed E-state index contributed by atoms with van der Waals surface area (Å²) in [4.78, 5) is 4.03. The van der Waals surface area contributed by atoms with Crippen LogP contribution in [0.5, 0.6) is 0 Å². The van der Waals surface area contributed by atoms with Crippen LogP contribution in [0.1, 0.15) is 24.6 Å². The maximum Gasteiger partial charge on any atom is 0.0112 e. The van der Waals surface area contributed by atoms with E-state index in [1.165, 1.54) is 43.8 Å². The minimum absolute atomic E-state index is 0.649. The highest BCUT2D eigenvalue weighted by molar-refractivity contribution is 7.09. The molecule has 2 rings (SSSR count). The molecule has 1 saturated heterocycles. The Morgan fingerprint density at radius 2 is 2.47 bits per heavy atom. The minimum Gasteiger partial charge on any atom is -0.316 e. The van der Waals surface area contributed by atoms with Gasteiger partial charge in [0.05, 0.1) is 0 Å². The first-order valence-corrected chi connectivity index (χ1v) is 7.57. The summed E-state index contributed by atoms with van der Waals surface area (Å²) >= 11 is 1.88. The second-order valence-electron chi connectivity index (χ2n) is 5.28. The van der Waals surface area contributed by atoms with E-state index in [1.54, 1.807) is 0 Å². The first-order valence-electron chi connectivity index (χ1n) is 6.69. The Hall–Kier alpha value is -0.380. The van der Waals surface area contributed by atoms with Crippen LogP contribution in [0.25, 0.3) is 0 Å². The number of piperidine rings is 1. The van der Waals surface area contributed by atoms with Crippen molar-refractivity contribution >= 4 is 11.3 Å². The Balaban J connectivity index is 1.76. The van der Waals surface area contributed by atoms with Gasteiger partial charge in [-0.25, -0.2) is 0 Å². The molecule has 2 heterocycles. The number of nitrogens with zero attached hydrogens (tertiary/aromatic N) is 1. The molecule has 17 heavy (non-hydrogen) atoms. The lowest BCUT2D eigenvalue weighted by atomic mass is 9.98. The van der Waals surface area contributed by atoms with Crippen molar-refractivity contribution in [3.8, 4) is 0 Å². The number of hydrogen-bond donors (Lipinski definition) is 1. The lowest BCUT2D eigenvalue weighted by molar-refractivity contribution is 0.197. The van der Waals surface area contributed by atoms with Gasteiger partial charge in [0.2, 0.25) is 0 Å². The van der Waals surface area contributed by atoms with Crippen LogP contribution in [0, 0.1) is 5.92 Å². The van der Waals surface area contributed by atoms with Crippen LogP contribution in [0.3, 0.4) is 0 Å². The molecule has 1 N–H and O–H groups in total. The summed E-state index contributed by atoms with van der Waals surface area (Å²) in [5.74, 6) is 0.847. The van der Waals surface area contributed by atoms with E-state index in [0.717, 1.165) is 5.92 Å². The van der Waals surface area contributed by atoms with Gasteiger partial charge in [0.25, 0.3) is 0 Å². The lowest BCUT2D eigenvalue weighted by Crippen LogP contribution is -2.40. The molecular weight excluding hydrogens is 228 g/mol. The Morgan fingerprint density at radius 3 is 3.12 bits per heavy atom. The Labute approximate surface area is 109 Å². The minimum atomic E-state index is 0.649. The number of hydrogen-bond acceptors (Lipinski definition) is 3. The van der Waals surface area contributed by atoms with E-state index in [1.807, 2.05) is 11.3 Å². The summed E-state index contributed by atoms with van der Waals surface area (Å²) in [5.41, 5.74) is 0. The van der Waals surface area contributed by atoms with Crippen LogP contribution >= 0.6 is 11.3 Å². The number of nitrogens with one attached hydrogen (secondary N) is 1. The standard InChI is InChI=1S/C14H24N2S/c1-12(9-14-6-4-8-17-14)16(2)11-13-5-3-7-15-10-13/h4,6,8,12-13,15H,3,5,7,9-11H2,1-2H3/t12?,13-/m0/s1. The van der Waals surface area contributed by atoms with E-state index in [4.69, 9.17) is 0 Å². The van der Waals surface area contributed by atoms with Gasteiger partial charge in [-0.15, -0.1) is 11.3 Å². The highest BCUT2D eigenvalue weighted by atomic mass is 32.1. The molecule has 0 spiro atoms. The molecule has 1 aromatic rings. The summed E-state index contributed by atoms with van der Waals surface area (Å²) in [7, 11) is 2.27. The largest absolute Gasteiger partial charge is 0.316 e. The maximum absolute atomic E-state index is 3.50. The van der Waals surface area contributed by atoms with Crippen molar-refractivity contribution in [2.24, 2.45) is 5.92 Å². The summed E-state index contributed by atoms with van der Waals surface area (Å²) in [6, 6.07) is 5.05. The monoisotopic (exact) mass is 252 g/mol. The summed E-state index contributed by atoms with van der Waals surface area (Å²) < 4.78 is 0. The Bertz CT molecular complexity index is 304. The summed E-state index contributed by atoms with van der Waals surface area (Å²) in [6.07, 6.45) is 3.93. The second-order valence-corrected chi connectivity index (χ2v) is 6.32. The van der Waals surface area contributed by atoms with E-state index >= 15 is 0 Å². The highest BCUT2D eigenvalue weighted by Gasteiger charge is 2.18. The zero-order valence-corrected chi connectivity index (χ0v) is 11.8. The first-order chi connectivity index (χ1) is 8.25. The van der Waals surface area contributed by atoms with Crippen molar-refractivity contribution in [2.45, 2.75) is 32.2 Å². The molecule has 0 aromatic carbocycles. The van der Waals surface area contributed by atoms with Gasteiger partial charge in [-0.1, -0.05) is 6.07 Å². The molecule has 3 heteroatoms. The van der Waals surface area contributed by atoms with Crippen LogP contribution in [0.2, 0.25) is 0 Å². The van der Waals surface area contributed by atoms with Gasteiger partial charge in [0.1, 0.15) is 0 Å². The quantitative estimate of drug-likeness (QED) is 0.866. The first kappa shape index (κ1) is 13.1. The summed E-state index contributed by atoms with van der Waals surface area (Å²) in [6.45, 7) is 6.00. The third-order valence-corrected chi connectivity index (χ3v) is 4.67. The van der Waals surface area contributed by atoms with Gasteiger partial charge in [-0.3, -0.25) is 0 Å². The van der Waals surface area contributed by atoms with Gasteiger partial charge in [-0.2, -0.15) is 0 Å². The molecule has 0 radical (unpaired) electrons. The van der Waals surface area contributed by atoms with Gasteiger partial charge >= 0.3 is 0 Å². The topological polar surface area (TPSA) is 15.3 Å². The van der Waals surface area contributed by atoms with Gasteiger partial charge in [-0.05, 0) is 63.7 Å². The van der Waals surface area contributed by atoms with Crippen molar-refractivity contribution in [2.75, 3.05) is 26.7 Å². The van der Waals surface area contributed by atoms with E-state index < -0.39 is 0 Å². The molecular formula is C14H24N2S. The molecule has 0 bridgehead atoms. The molecule has 1 aromatic heterocycles. The van der Waals surface area contributed by atoms with E-state index in [2.05, 4.69) is 41.7 Å². The molecule has 1 aliphatic rings. The highest BCUT2D eigenvalue weighted by Crippen LogP contribution is 2.16. The fourth-order valence-electron chi connectivity index (χ4n) is 2.54. The Morgan fingerprint density at radius 1 is 1.59 bits per heavy atom. The SMILES string of the molecule is CC(Cc1cccs1)N(C)C[C@H]1CCCNC1. The molecule has 1 aliphatic heterocycles. The van der Waals surface area contributed by atoms with Crippen LogP contribution < -0.4 is 5.32 Å². The van der Waals surface area contributed by atoms with Crippen LogP contribution in [-0.4, -0.2) is 37.6 Å². The zero-order chi connectivity index (χ0) is 12.1. The average Bonchev–Trinajstić information content (AvgIpc) is 2.83. The number of thiophene rings is 1. The van der Waals surface area contributed by atoms with Crippen molar-refractivity contribution in [1.29, 1.82) is 0 Å². The molecule has 1 unspecified atom stereocenters. The van der Waals surface area contributed by atoms with Gasteiger partial charge in [0, 0.05) is 17.5 Å². The molecule has 2 nitrogen and oxygen atoms in total. The zero-order valence-electron chi connectivity index (χ0n) is 11.0. The maximum atomic E-state index is 3.50. The third-order valence-electron chi connectivity index (χ3n) is 3.77. The van der Waals surface area contributed by atoms with E-state index in [9.17, 15) is 0 Å². The van der Waals surface area contributed by atoms with Crippen LogP contribution in [0.15, 0.2) is 17.5 Å². The normalized spacial score (nSPS) is 22.9. The predicted octanol–water partition coefficient (Wildman–Crippen LogP) is 2.61. The third kappa shape index (κ3) is 4.09. The molecule has 2 atom stereocenters. The van der Waals surface area contributed by atoms with Crippen molar-refractivity contribution in [3.05, 3.63) is 22.4 Å². The fraction of sp³-hybridized carbons (Fsp3) is 0.714. The van der Waals surface area contributed by atoms with Crippen molar-refractivity contribution in [3.63, 3.8) is 0 Å². The molecule has 1 fully saturated rings. The lowest BCUT2D eigenvalue weighted by Gasteiger charge is -2.31. The second kappa shape index (κ2) is 6.53. The van der Waals surface area contributed by atoms with E-state index in [-0.39, 0.29) is 0 Å². The van der Waals surface area contributed by atoms with Gasteiger partial charge in [0.15, 0.2) is 0 Å². The van der Waals surface area contributed by atoms with E-state index in [0.29, 0.717) is 6.04 Å². The Kier molecular flexibility index (Phi) is 5.01. The van der Waals surface area contributed by atoms with Crippen LogP contribution in [-0.2, 0) is 6.42 Å². The molecule has 0 aliphatic carbocycles. The van der Waals surface area contributed by atoms with Crippen molar-refractivity contribution < 1.29 is 0 Å². The number of likely N-dealkylation sites (N-methyl/N-ethyl adjacent to an activating group) is 1.